The van der Waals surface area contributed by atoms with Crippen LogP contribution in [0.4, 0.5) is 0 Å². The topological polar surface area (TPSA) is 38.8 Å². The van der Waals surface area contributed by atoms with Crippen LogP contribution in [0, 0.1) is 5.41 Å². The SMILES string of the molecule is CCOC(=O)CSC1CC2(C1)CN(Cc1ccccc1OC(C)C)C2. The number of esters is 1. The van der Waals surface area contributed by atoms with Gasteiger partial charge in [0.25, 0.3) is 0 Å². The van der Waals surface area contributed by atoms with Crippen LogP contribution in [0.3, 0.4) is 0 Å². The molecular formula is C20H29NO3S. The number of carbonyl (C=O) groups is 1. The molecule has 0 atom stereocenters. The summed E-state index contributed by atoms with van der Waals surface area (Å²) in [7, 11) is 0. The van der Waals surface area contributed by atoms with E-state index in [1.54, 1.807) is 11.8 Å². The lowest BCUT2D eigenvalue weighted by molar-refractivity contribution is -0.139. The van der Waals surface area contributed by atoms with Crippen LogP contribution in [0.25, 0.3) is 0 Å². The molecule has 0 radical (unpaired) electrons. The molecule has 0 N–H and O–H groups in total. The Morgan fingerprint density at radius 3 is 2.72 bits per heavy atom. The number of nitrogens with zero attached hydrogens (tertiary/aromatic N) is 1. The van der Waals surface area contributed by atoms with E-state index in [2.05, 4.69) is 36.9 Å². The second-order valence-electron chi connectivity index (χ2n) is 7.57. The molecule has 3 rings (SSSR count). The molecule has 1 aromatic carbocycles. The molecule has 0 unspecified atom stereocenters. The van der Waals surface area contributed by atoms with Crippen molar-refractivity contribution in [2.24, 2.45) is 5.41 Å². The summed E-state index contributed by atoms with van der Waals surface area (Å²) in [6.45, 7) is 9.76. The van der Waals surface area contributed by atoms with E-state index >= 15 is 0 Å². The van der Waals surface area contributed by atoms with Gasteiger partial charge < -0.3 is 9.47 Å². The first kappa shape index (κ1) is 18.6. The van der Waals surface area contributed by atoms with Crippen molar-refractivity contribution in [1.82, 2.24) is 4.90 Å². The number of hydrogen-bond donors (Lipinski definition) is 0. The molecule has 25 heavy (non-hydrogen) atoms. The van der Waals surface area contributed by atoms with Gasteiger partial charge in [-0.3, -0.25) is 9.69 Å². The molecule has 4 nitrogen and oxygen atoms in total. The molecule has 1 spiro atoms. The van der Waals surface area contributed by atoms with Gasteiger partial charge in [0.05, 0.1) is 18.5 Å². The van der Waals surface area contributed by atoms with Crippen molar-refractivity contribution in [3.63, 3.8) is 0 Å². The number of benzene rings is 1. The van der Waals surface area contributed by atoms with Crippen LogP contribution in [0.15, 0.2) is 24.3 Å². The van der Waals surface area contributed by atoms with Gasteiger partial charge in [-0.05, 0) is 45.1 Å². The lowest BCUT2D eigenvalue weighted by atomic mass is 9.63. The van der Waals surface area contributed by atoms with E-state index in [0.29, 0.717) is 23.0 Å². The van der Waals surface area contributed by atoms with E-state index in [4.69, 9.17) is 9.47 Å². The lowest BCUT2D eigenvalue weighted by Crippen LogP contribution is -2.62. The van der Waals surface area contributed by atoms with Gasteiger partial charge in [-0.2, -0.15) is 0 Å². The smallest absolute Gasteiger partial charge is 0.315 e. The first-order chi connectivity index (χ1) is 12.0. The average molecular weight is 364 g/mol. The number of ether oxygens (including phenoxy) is 2. The first-order valence-corrected chi connectivity index (χ1v) is 10.3. The fraction of sp³-hybridized carbons (Fsp3) is 0.650. The quantitative estimate of drug-likeness (QED) is 0.658. The summed E-state index contributed by atoms with van der Waals surface area (Å²) < 4.78 is 10.9. The van der Waals surface area contributed by atoms with E-state index in [1.165, 1.54) is 31.5 Å². The Morgan fingerprint density at radius 2 is 2.04 bits per heavy atom. The van der Waals surface area contributed by atoms with E-state index in [-0.39, 0.29) is 12.1 Å². The Bertz CT molecular complexity index is 590. The molecule has 1 aliphatic heterocycles. The number of likely N-dealkylation sites (tertiary alicyclic amines) is 1. The first-order valence-electron chi connectivity index (χ1n) is 9.24. The zero-order valence-electron chi connectivity index (χ0n) is 15.5. The van der Waals surface area contributed by atoms with E-state index in [1.807, 2.05) is 13.0 Å². The van der Waals surface area contributed by atoms with Crippen molar-refractivity contribution in [1.29, 1.82) is 0 Å². The Hall–Kier alpha value is -1.20. The molecule has 2 fully saturated rings. The molecule has 0 bridgehead atoms. The summed E-state index contributed by atoms with van der Waals surface area (Å²) in [4.78, 5) is 13.9. The minimum atomic E-state index is -0.0783. The van der Waals surface area contributed by atoms with Crippen LogP contribution in [0.2, 0.25) is 0 Å². The van der Waals surface area contributed by atoms with Gasteiger partial charge in [0.1, 0.15) is 5.75 Å². The van der Waals surface area contributed by atoms with Gasteiger partial charge in [-0.15, -0.1) is 11.8 Å². The third kappa shape index (κ3) is 4.70. The number of carbonyl (C=O) groups excluding carboxylic acids is 1. The third-order valence-electron chi connectivity index (χ3n) is 4.91. The summed E-state index contributed by atoms with van der Waals surface area (Å²) in [6.07, 6.45) is 2.67. The Balaban J connectivity index is 1.40. The van der Waals surface area contributed by atoms with Crippen molar-refractivity contribution in [2.45, 2.75) is 51.5 Å². The predicted octanol–water partition coefficient (Wildman–Crippen LogP) is 3.73. The standard InChI is InChI=1S/C20H29NO3S/c1-4-23-19(22)12-25-17-9-20(10-17)13-21(14-20)11-16-7-5-6-8-18(16)24-15(2)3/h5-8,15,17H,4,9-14H2,1-3H3. The molecule has 2 aliphatic rings. The molecule has 1 heterocycles. The lowest BCUT2D eigenvalue weighted by Gasteiger charge is -2.59. The zero-order chi connectivity index (χ0) is 17.9. The van der Waals surface area contributed by atoms with Crippen LogP contribution in [-0.4, -0.2) is 47.7 Å². The average Bonchev–Trinajstić information content (AvgIpc) is 2.48. The Morgan fingerprint density at radius 1 is 1.32 bits per heavy atom. The van der Waals surface area contributed by atoms with Gasteiger partial charge in [0.15, 0.2) is 0 Å². The van der Waals surface area contributed by atoms with E-state index < -0.39 is 0 Å². The van der Waals surface area contributed by atoms with Gasteiger partial charge >= 0.3 is 5.97 Å². The highest BCUT2D eigenvalue weighted by Gasteiger charge is 2.52. The Kier molecular flexibility index (Phi) is 5.95. The van der Waals surface area contributed by atoms with Crippen LogP contribution in [0.5, 0.6) is 5.75 Å². The van der Waals surface area contributed by atoms with E-state index in [9.17, 15) is 4.79 Å². The minimum absolute atomic E-state index is 0.0783. The van der Waals surface area contributed by atoms with Crippen LogP contribution < -0.4 is 4.74 Å². The van der Waals surface area contributed by atoms with E-state index in [0.717, 1.165) is 12.3 Å². The maximum absolute atomic E-state index is 11.4. The van der Waals surface area contributed by atoms with Crippen LogP contribution in [-0.2, 0) is 16.1 Å². The van der Waals surface area contributed by atoms with Crippen molar-refractivity contribution in [3.8, 4) is 5.75 Å². The molecule has 1 saturated heterocycles. The highest BCUT2D eigenvalue weighted by Crippen LogP contribution is 2.53. The molecule has 1 saturated carbocycles. The minimum Gasteiger partial charge on any atom is -0.491 e. The zero-order valence-corrected chi connectivity index (χ0v) is 16.3. The number of hydrogen-bond acceptors (Lipinski definition) is 5. The second-order valence-corrected chi connectivity index (χ2v) is 8.85. The van der Waals surface area contributed by atoms with Gasteiger partial charge in [-0.1, -0.05) is 18.2 Å². The number of para-hydroxylation sites is 1. The highest BCUT2D eigenvalue weighted by molar-refractivity contribution is 8.00. The summed E-state index contributed by atoms with van der Waals surface area (Å²) in [5.74, 6) is 1.43. The molecule has 138 valence electrons. The summed E-state index contributed by atoms with van der Waals surface area (Å²) in [5, 5.41) is 0.628. The fourth-order valence-corrected chi connectivity index (χ4v) is 5.33. The van der Waals surface area contributed by atoms with Gasteiger partial charge in [-0.25, -0.2) is 0 Å². The van der Waals surface area contributed by atoms with Crippen molar-refractivity contribution in [2.75, 3.05) is 25.4 Å². The molecule has 1 aliphatic carbocycles. The summed E-state index contributed by atoms with van der Waals surface area (Å²) >= 11 is 1.76. The molecule has 0 amide bonds. The monoisotopic (exact) mass is 363 g/mol. The maximum atomic E-state index is 11.4. The summed E-state index contributed by atoms with van der Waals surface area (Å²) in [5.41, 5.74) is 1.78. The predicted molar refractivity (Wildman–Crippen MR) is 102 cm³/mol. The van der Waals surface area contributed by atoms with Crippen LogP contribution >= 0.6 is 11.8 Å². The van der Waals surface area contributed by atoms with Gasteiger partial charge in [0.2, 0.25) is 0 Å². The molecule has 1 aromatic rings. The second kappa shape index (κ2) is 8.00. The Labute approximate surface area is 155 Å². The highest BCUT2D eigenvalue weighted by atomic mass is 32.2. The molecule has 5 heteroatoms. The van der Waals surface area contributed by atoms with Crippen molar-refractivity contribution < 1.29 is 14.3 Å². The normalized spacial score (nSPS) is 19.5. The number of rotatable bonds is 8. The van der Waals surface area contributed by atoms with Crippen molar-refractivity contribution in [3.05, 3.63) is 29.8 Å². The third-order valence-corrected chi connectivity index (χ3v) is 6.12. The molecular weight excluding hydrogens is 334 g/mol. The number of thioether (sulfide) groups is 1. The van der Waals surface area contributed by atoms with Gasteiger partial charge in [0, 0.05) is 30.4 Å². The largest absolute Gasteiger partial charge is 0.491 e. The fourth-order valence-electron chi connectivity index (χ4n) is 3.93. The van der Waals surface area contributed by atoms with Crippen molar-refractivity contribution >= 4 is 17.7 Å². The molecule has 0 aromatic heterocycles. The summed E-state index contributed by atoms with van der Waals surface area (Å²) in [6, 6.07) is 8.36. The van der Waals surface area contributed by atoms with Crippen LogP contribution in [0.1, 0.15) is 39.2 Å². The maximum Gasteiger partial charge on any atom is 0.315 e.